The quantitative estimate of drug-likeness (QED) is 0.640. The minimum absolute atomic E-state index is 0.0463. The molecule has 1 unspecified atom stereocenters. The molecule has 4 nitrogen and oxygen atoms in total. The molecule has 1 rings (SSSR count). The Labute approximate surface area is 81.6 Å². The Balaban J connectivity index is 3.40. The highest BCUT2D eigenvalue weighted by molar-refractivity contribution is 6.27. The molecule has 1 aliphatic carbocycles. The van der Waals surface area contributed by atoms with E-state index in [0.717, 1.165) is 0 Å². The van der Waals surface area contributed by atoms with Crippen molar-refractivity contribution in [2.24, 2.45) is 0 Å². The van der Waals surface area contributed by atoms with Crippen molar-refractivity contribution in [3.8, 4) is 0 Å². The number of Topliss-reactive ketones (excluding diaryl/α,β-unsaturated/α-hetero) is 3. The Morgan fingerprint density at radius 3 is 2.07 bits per heavy atom. The Morgan fingerprint density at radius 2 is 1.79 bits per heavy atom. The first-order chi connectivity index (χ1) is 6.27. The summed E-state index contributed by atoms with van der Waals surface area (Å²) in [4.78, 5) is 33.7. The van der Waals surface area contributed by atoms with Gasteiger partial charge in [0.15, 0.2) is 17.3 Å². The second-order valence-electron chi connectivity index (χ2n) is 3.74. The summed E-state index contributed by atoms with van der Waals surface area (Å²) in [5.74, 6) is -1.34. The van der Waals surface area contributed by atoms with Crippen LogP contribution in [0.25, 0.3) is 0 Å². The summed E-state index contributed by atoms with van der Waals surface area (Å²) in [6.45, 7) is 3.83. The molecule has 1 aliphatic rings. The number of carbonyl (C=O) groups excluding carboxylic acids is 3. The lowest BCUT2D eigenvalue weighted by Crippen LogP contribution is -2.27. The predicted octanol–water partition coefficient (Wildman–Crippen LogP) is 0.185. The van der Waals surface area contributed by atoms with Gasteiger partial charge in [0.1, 0.15) is 0 Å². The number of ketones is 3. The summed E-state index contributed by atoms with van der Waals surface area (Å²) in [7, 11) is 0. The summed E-state index contributed by atoms with van der Waals surface area (Å²) < 4.78 is 0. The van der Waals surface area contributed by atoms with Crippen molar-refractivity contribution in [2.45, 2.75) is 32.8 Å². The third-order valence-electron chi connectivity index (χ3n) is 2.28. The van der Waals surface area contributed by atoms with Crippen LogP contribution < -0.4 is 0 Å². The molecule has 0 bridgehead atoms. The molecule has 14 heavy (non-hydrogen) atoms. The second-order valence-corrected chi connectivity index (χ2v) is 3.74. The van der Waals surface area contributed by atoms with E-state index in [1.165, 1.54) is 20.8 Å². The van der Waals surface area contributed by atoms with E-state index in [4.69, 9.17) is 0 Å². The molecule has 1 atom stereocenters. The summed E-state index contributed by atoms with van der Waals surface area (Å²) in [6, 6.07) is 0. The highest BCUT2D eigenvalue weighted by Crippen LogP contribution is 2.33. The van der Waals surface area contributed by atoms with Gasteiger partial charge in [-0.25, -0.2) is 0 Å². The lowest BCUT2D eigenvalue weighted by atomic mass is 9.94. The summed E-state index contributed by atoms with van der Waals surface area (Å²) >= 11 is 0. The Kier molecular flexibility index (Phi) is 2.41. The lowest BCUT2D eigenvalue weighted by molar-refractivity contribution is -0.120. The molecule has 4 heteroatoms. The van der Waals surface area contributed by atoms with Crippen LogP contribution in [0, 0.1) is 0 Å². The van der Waals surface area contributed by atoms with Crippen LogP contribution in [0.15, 0.2) is 11.1 Å². The van der Waals surface area contributed by atoms with Crippen LogP contribution in [0.2, 0.25) is 0 Å². The van der Waals surface area contributed by atoms with E-state index in [2.05, 4.69) is 0 Å². The molecular weight excluding hydrogens is 184 g/mol. The predicted molar refractivity (Wildman–Crippen MR) is 48.6 cm³/mol. The van der Waals surface area contributed by atoms with E-state index >= 15 is 0 Å². The van der Waals surface area contributed by atoms with Gasteiger partial charge in [0.2, 0.25) is 0 Å². The fraction of sp³-hybridized carbons (Fsp3) is 0.500. The van der Waals surface area contributed by atoms with E-state index < -0.39 is 23.0 Å². The van der Waals surface area contributed by atoms with Gasteiger partial charge >= 0.3 is 0 Å². The van der Waals surface area contributed by atoms with Crippen LogP contribution in [-0.4, -0.2) is 28.1 Å². The van der Waals surface area contributed by atoms with Gasteiger partial charge in [-0.05, 0) is 20.8 Å². The van der Waals surface area contributed by atoms with Crippen molar-refractivity contribution in [1.82, 2.24) is 0 Å². The zero-order valence-electron chi connectivity index (χ0n) is 8.38. The number of rotatable bonds is 2. The van der Waals surface area contributed by atoms with Crippen molar-refractivity contribution in [3.05, 3.63) is 11.1 Å². The average molecular weight is 196 g/mol. The summed E-state index contributed by atoms with van der Waals surface area (Å²) in [5, 5.41) is 9.76. The summed E-state index contributed by atoms with van der Waals surface area (Å²) in [5.41, 5.74) is -1.67. The van der Waals surface area contributed by atoms with E-state index in [9.17, 15) is 19.5 Å². The average Bonchev–Trinajstić information content (AvgIpc) is 2.19. The van der Waals surface area contributed by atoms with Crippen molar-refractivity contribution < 1.29 is 19.5 Å². The largest absolute Gasteiger partial charge is 0.385 e. The number of aliphatic hydroxyl groups is 1. The highest BCUT2D eigenvalue weighted by Gasteiger charge is 2.43. The number of carbonyl (C=O) groups is 3. The first-order valence-corrected chi connectivity index (χ1v) is 4.29. The molecule has 76 valence electrons. The number of hydrogen-bond donors (Lipinski definition) is 1. The molecule has 0 radical (unpaired) electrons. The van der Waals surface area contributed by atoms with Crippen LogP contribution in [-0.2, 0) is 14.4 Å². The molecule has 0 amide bonds. The zero-order chi connectivity index (χ0) is 11.1. The van der Waals surface area contributed by atoms with Crippen LogP contribution in [0.1, 0.15) is 27.2 Å². The first-order valence-electron chi connectivity index (χ1n) is 4.29. The molecule has 0 fully saturated rings. The minimum atomic E-state index is -1.48. The fourth-order valence-corrected chi connectivity index (χ4v) is 1.83. The van der Waals surface area contributed by atoms with Gasteiger partial charge in [0, 0.05) is 12.0 Å². The van der Waals surface area contributed by atoms with Gasteiger partial charge in [-0.2, -0.15) is 0 Å². The van der Waals surface area contributed by atoms with E-state index in [1.807, 2.05) is 0 Å². The van der Waals surface area contributed by atoms with Gasteiger partial charge in [0.25, 0.3) is 0 Å². The second kappa shape index (κ2) is 3.13. The third-order valence-corrected chi connectivity index (χ3v) is 2.28. The maximum absolute atomic E-state index is 11.4. The molecule has 0 saturated carbocycles. The van der Waals surface area contributed by atoms with Crippen LogP contribution in [0.3, 0.4) is 0 Å². The zero-order valence-corrected chi connectivity index (χ0v) is 8.38. The molecule has 0 heterocycles. The third kappa shape index (κ3) is 1.53. The first kappa shape index (κ1) is 10.8. The fourth-order valence-electron chi connectivity index (χ4n) is 1.83. The highest BCUT2D eigenvalue weighted by atomic mass is 16.3. The minimum Gasteiger partial charge on any atom is -0.385 e. The van der Waals surface area contributed by atoms with Gasteiger partial charge in [-0.1, -0.05) is 0 Å². The van der Waals surface area contributed by atoms with Gasteiger partial charge in [-0.3, -0.25) is 14.4 Å². The molecule has 0 aliphatic heterocycles. The topological polar surface area (TPSA) is 71.4 Å². The molecule has 0 aromatic heterocycles. The molecule has 0 saturated heterocycles. The smallest absolute Gasteiger partial charge is 0.170 e. The lowest BCUT2D eigenvalue weighted by Gasteiger charge is -2.17. The molecule has 0 aromatic rings. The van der Waals surface area contributed by atoms with Gasteiger partial charge in [0.05, 0.1) is 11.2 Å². The Bertz CT molecular complexity index is 360. The molecule has 1 N–H and O–H groups in total. The standard InChI is InChI=1S/C10H12O4/c1-5(11)8-7(13)4-10(3,14)9(8)6(2)12/h14H,4H2,1-3H3. The maximum Gasteiger partial charge on any atom is 0.170 e. The van der Waals surface area contributed by atoms with E-state index in [1.54, 1.807) is 0 Å². The molecular formula is C10H12O4. The SMILES string of the molecule is CC(=O)C1=C(C(C)=O)C(C)(O)CC1=O. The van der Waals surface area contributed by atoms with E-state index in [-0.39, 0.29) is 17.6 Å². The molecule has 0 spiro atoms. The van der Waals surface area contributed by atoms with Crippen molar-refractivity contribution >= 4 is 17.3 Å². The Morgan fingerprint density at radius 1 is 1.29 bits per heavy atom. The van der Waals surface area contributed by atoms with Crippen molar-refractivity contribution in [2.75, 3.05) is 0 Å². The monoisotopic (exact) mass is 196 g/mol. The van der Waals surface area contributed by atoms with Crippen LogP contribution >= 0.6 is 0 Å². The van der Waals surface area contributed by atoms with E-state index in [0.29, 0.717) is 0 Å². The van der Waals surface area contributed by atoms with Gasteiger partial charge < -0.3 is 5.11 Å². The van der Waals surface area contributed by atoms with Gasteiger partial charge in [-0.15, -0.1) is 0 Å². The molecule has 0 aromatic carbocycles. The maximum atomic E-state index is 11.4. The summed E-state index contributed by atoms with van der Waals surface area (Å²) in [6.07, 6.45) is -0.184. The number of hydrogen-bond acceptors (Lipinski definition) is 4. The Hall–Kier alpha value is -1.29. The normalized spacial score (nSPS) is 27.0. The van der Waals surface area contributed by atoms with Crippen molar-refractivity contribution in [1.29, 1.82) is 0 Å². The van der Waals surface area contributed by atoms with Crippen LogP contribution in [0.5, 0.6) is 0 Å². The van der Waals surface area contributed by atoms with Crippen molar-refractivity contribution in [3.63, 3.8) is 0 Å². The number of allylic oxidation sites excluding steroid dienone is 1. The van der Waals surface area contributed by atoms with Crippen LogP contribution in [0.4, 0.5) is 0 Å².